The number of carbonyl (C=O) groups excluding carboxylic acids is 1. The highest BCUT2D eigenvalue weighted by Crippen LogP contribution is 2.28. The summed E-state index contributed by atoms with van der Waals surface area (Å²) in [5, 5.41) is 3.01. The quantitative estimate of drug-likeness (QED) is 0.826. The summed E-state index contributed by atoms with van der Waals surface area (Å²) in [5.41, 5.74) is 4.22. The van der Waals surface area contributed by atoms with Crippen molar-refractivity contribution >= 4 is 21.6 Å². The van der Waals surface area contributed by atoms with E-state index in [1.165, 1.54) is 9.87 Å². The van der Waals surface area contributed by atoms with Crippen LogP contribution in [0.25, 0.3) is 0 Å². The third kappa shape index (κ3) is 4.38. The van der Waals surface area contributed by atoms with Crippen molar-refractivity contribution in [3.05, 3.63) is 64.7 Å². The van der Waals surface area contributed by atoms with Gasteiger partial charge in [0, 0.05) is 12.1 Å². The molecule has 0 aliphatic carbocycles. The average Bonchev–Trinajstić information content (AvgIpc) is 2.68. The first-order chi connectivity index (χ1) is 13.3. The number of rotatable bonds is 5. The summed E-state index contributed by atoms with van der Waals surface area (Å²) in [7, 11) is -3.31. The van der Waals surface area contributed by atoms with Crippen LogP contribution in [-0.2, 0) is 16.4 Å². The van der Waals surface area contributed by atoms with E-state index in [1.54, 1.807) is 12.1 Å². The highest BCUT2D eigenvalue weighted by molar-refractivity contribution is 7.92. The molecule has 1 heterocycles. The van der Waals surface area contributed by atoms with Crippen LogP contribution in [0.5, 0.6) is 0 Å². The smallest absolute Gasteiger partial charge is 0.251 e. The Hall–Kier alpha value is -2.34. The molecule has 1 aliphatic rings. The van der Waals surface area contributed by atoms with Crippen molar-refractivity contribution in [3.8, 4) is 0 Å². The summed E-state index contributed by atoms with van der Waals surface area (Å²) in [5.74, 6) is -0.0454. The van der Waals surface area contributed by atoms with Crippen molar-refractivity contribution in [2.45, 2.75) is 46.1 Å². The Morgan fingerprint density at radius 2 is 1.86 bits per heavy atom. The van der Waals surface area contributed by atoms with Gasteiger partial charge in [-0.2, -0.15) is 0 Å². The van der Waals surface area contributed by atoms with Gasteiger partial charge >= 0.3 is 0 Å². The number of nitrogens with one attached hydrogen (secondary N) is 1. The molecule has 1 saturated heterocycles. The lowest BCUT2D eigenvalue weighted by molar-refractivity contribution is 0.0940. The fourth-order valence-corrected chi connectivity index (χ4v) is 5.18. The Labute approximate surface area is 167 Å². The largest absolute Gasteiger partial charge is 0.346 e. The first kappa shape index (κ1) is 20.4. The molecular formula is C22H28N2O3S. The molecule has 1 N–H and O–H groups in total. The first-order valence-corrected chi connectivity index (χ1v) is 11.4. The van der Waals surface area contributed by atoms with E-state index in [9.17, 15) is 13.2 Å². The predicted octanol–water partition coefficient (Wildman–Crippen LogP) is 3.98. The zero-order chi connectivity index (χ0) is 20.3. The molecule has 0 aromatic heterocycles. The van der Waals surface area contributed by atoms with E-state index in [0.29, 0.717) is 24.2 Å². The van der Waals surface area contributed by atoms with Crippen LogP contribution in [0.15, 0.2) is 42.5 Å². The summed E-state index contributed by atoms with van der Waals surface area (Å²) in [4.78, 5) is 12.8. The van der Waals surface area contributed by atoms with Crippen LogP contribution in [0.4, 0.5) is 5.69 Å². The predicted molar refractivity (Wildman–Crippen MR) is 113 cm³/mol. The second-order valence-electron chi connectivity index (χ2n) is 7.39. The Bertz CT molecular complexity index is 952. The van der Waals surface area contributed by atoms with Crippen molar-refractivity contribution < 1.29 is 13.2 Å². The lowest BCUT2D eigenvalue weighted by Crippen LogP contribution is -2.38. The maximum absolute atomic E-state index is 12.8. The van der Waals surface area contributed by atoms with Gasteiger partial charge in [0.2, 0.25) is 10.0 Å². The molecule has 0 radical (unpaired) electrons. The van der Waals surface area contributed by atoms with Gasteiger partial charge in [-0.05, 0) is 61.9 Å². The molecule has 6 heteroatoms. The SMILES string of the molecule is CCc1ccc([C@H](C)NC(=O)c2ccc(C)c(N3CCCCS3(=O)=O)c2)cc1. The number of amides is 1. The first-order valence-electron chi connectivity index (χ1n) is 9.82. The molecule has 1 aliphatic heterocycles. The van der Waals surface area contributed by atoms with E-state index in [4.69, 9.17) is 0 Å². The standard InChI is InChI=1S/C22H28N2O3S/c1-4-18-8-11-19(12-9-18)17(3)23-22(25)20-10-7-16(2)21(15-20)24-13-5-6-14-28(24,26)27/h7-12,15,17H,4-6,13-14H2,1-3H3,(H,23,25)/t17-/m0/s1. The second kappa shape index (κ2) is 8.35. The molecule has 2 aromatic rings. The maximum Gasteiger partial charge on any atom is 0.251 e. The molecule has 0 spiro atoms. The van der Waals surface area contributed by atoms with Gasteiger partial charge in [0.15, 0.2) is 0 Å². The lowest BCUT2D eigenvalue weighted by atomic mass is 10.0. The molecule has 5 nitrogen and oxygen atoms in total. The monoisotopic (exact) mass is 400 g/mol. The fourth-order valence-electron chi connectivity index (χ4n) is 3.48. The van der Waals surface area contributed by atoms with Gasteiger partial charge in [-0.1, -0.05) is 37.3 Å². The molecule has 150 valence electrons. The highest BCUT2D eigenvalue weighted by atomic mass is 32.2. The van der Waals surface area contributed by atoms with Crippen LogP contribution in [-0.4, -0.2) is 26.6 Å². The number of aryl methyl sites for hydroxylation is 2. The molecule has 1 atom stereocenters. The Morgan fingerprint density at radius 1 is 1.14 bits per heavy atom. The van der Waals surface area contributed by atoms with Gasteiger partial charge in [-0.25, -0.2) is 8.42 Å². The number of nitrogens with zero attached hydrogens (tertiary/aromatic N) is 1. The van der Waals surface area contributed by atoms with Crippen LogP contribution < -0.4 is 9.62 Å². The van der Waals surface area contributed by atoms with E-state index in [0.717, 1.165) is 24.0 Å². The van der Waals surface area contributed by atoms with Crippen molar-refractivity contribution in [2.24, 2.45) is 0 Å². The number of hydrogen-bond acceptors (Lipinski definition) is 3. The van der Waals surface area contributed by atoms with Gasteiger partial charge in [0.25, 0.3) is 5.91 Å². The van der Waals surface area contributed by atoms with Crippen LogP contribution in [0.2, 0.25) is 0 Å². The zero-order valence-electron chi connectivity index (χ0n) is 16.7. The molecule has 0 bridgehead atoms. The molecule has 0 unspecified atom stereocenters. The Kier molecular flexibility index (Phi) is 6.08. The Morgan fingerprint density at radius 3 is 2.50 bits per heavy atom. The van der Waals surface area contributed by atoms with Crippen molar-refractivity contribution in [1.29, 1.82) is 0 Å². The molecule has 1 amide bonds. The fraction of sp³-hybridized carbons (Fsp3) is 0.409. The average molecular weight is 401 g/mol. The normalized spacial score (nSPS) is 17.2. The van der Waals surface area contributed by atoms with Crippen molar-refractivity contribution in [2.75, 3.05) is 16.6 Å². The van der Waals surface area contributed by atoms with E-state index in [1.807, 2.05) is 32.0 Å². The number of anilines is 1. The molecule has 1 fully saturated rings. The second-order valence-corrected chi connectivity index (χ2v) is 9.40. The third-order valence-corrected chi connectivity index (χ3v) is 7.18. The van der Waals surface area contributed by atoms with E-state index in [2.05, 4.69) is 24.4 Å². The minimum atomic E-state index is -3.31. The summed E-state index contributed by atoms with van der Waals surface area (Å²) < 4.78 is 26.4. The number of hydrogen-bond donors (Lipinski definition) is 1. The van der Waals surface area contributed by atoms with Crippen LogP contribution in [0.3, 0.4) is 0 Å². The summed E-state index contributed by atoms with van der Waals surface area (Å²) in [6, 6.07) is 13.3. The van der Waals surface area contributed by atoms with E-state index in [-0.39, 0.29) is 17.7 Å². The van der Waals surface area contributed by atoms with Gasteiger partial charge < -0.3 is 5.32 Å². The van der Waals surface area contributed by atoms with Crippen molar-refractivity contribution in [1.82, 2.24) is 5.32 Å². The number of sulfonamides is 1. The summed E-state index contributed by atoms with van der Waals surface area (Å²) in [6.07, 6.45) is 2.50. The molecule has 28 heavy (non-hydrogen) atoms. The van der Waals surface area contributed by atoms with Gasteiger partial charge in [-0.15, -0.1) is 0 Å². The topological polar surface area (TPSA) is 66.5 Å². The minimum Gasteiger partial charge on any atom is -0.346 e. The maximum atomic E-state index is 12.8. The molecule has 2 aromatic carbocycles. The zero-order valence-corrected chi connectivity index (χ0v) is 17.6. The highest BCUT2D eigenvalue weighted by Gasteiger charge is 2.27. The molecule has 3 rings (SSSR count). The third-order valence-electron chi connectivity index (χ3n) is 5.32. The van der Waals surface area contributed by atoms with Crippen LogP contribution in [0, 0.1) is 6.92 Å². The van der Waals surface area contributed by atoms with E-state index < -0.39 is 10.0 Å². The van der Waals surface area contributed by atoms with Gasteiger partial charge in [0.1, 0.15) is 0 Å². The van der Waals surface area contributed by atoms with E-state index >= 15 is 0 Å². The van der Waals surface area contributed by atoms with Crippen molar-refractivity contribution in [3.63, 3.8) is 0 Å². The van der Waals surface area contributed by atoms with Crippen LogP contribution in [0.1, 0.15) is 59.8 Å². The molecular weight excluding hydrogens is 372 g/mol. The minimum absolute atomic E-state index is 0.137. The molecule has 0 saturated carbocycles. The van der Waals surface area contributed by atoms with Gasteiger partial charge in [-0.3, -0.25) is 9.10 Å². The number of benzene rings is 2. The summed E-state index contributed by atoms with van der Waals surface area (Å²) >= 11 is 0. The van der Waals surface area contributed by atoms with Gasteiger partial charge in [0.05, 0.1) is 17.5 Å². The summed E-state index contributed by atoms with van der Waals surface area (Å²) in [6.45, 7) is 6.40. The van der Waals surface area contributed by atoms with Crippen LogP contribution >= 0.6 is 0 Å². The Balaban J connectivity index is 1.80. The lowest BCUT2D eigenvalue weighted by Gasteiger charge is -2.29. The number of carbonyl (C=O) groups is 1.